The zero-order valence-corrected chi connectivity index (χ0v) is 15.2. The predicted molar refractivity (Wildman–Crippen MR) is 106 cm³/mol. The molecule has 138 valence electrons. The van der Waals surface area contributed by atoms with Crippen molar-refractivity contribution in [2.75, 3.05) is 6.54 Å². The molecule has 4 heterocycles. The van der Waals surface area contributed by atoms with Gasteiger partial charge in [0.1, 0.15) is 0 Å². The van der Waals surface area contributed by atoms with Crippen molar-refractivity contribution in [2.45, 2.75) is 18.4 Å². The Morgan fingerprint density at radius 3 is 2.79 bits per heavy atom. The highest BCUT2D eigenvalue weighted by Gasteiger charge is 2.47. The molecule has 1 aromatic carbocycles. The first-order chi connectivity index (χ1) is 13.7. The fraction of sp³-hybridized carbons (Fsp3) is 0.217. The summed E-state index contributed by atoms with van der Waals surface area (Å²) in [5.74, 6) is -1.45. The molecule has 0 radical (unpaired) electrons. The summed E-state index contributed by atoms with van der Waals surface area (Å²) >= 11 is 0. The number of carbonyl (C=O) groups excluding carboxylic acids is 2. The Bertz CT molecular complexity index is 1160. The molecule has 2 amide bonds. The summed E-state index contributed by atoms with van der Waals surface area (Å²) in [5.41, 5.74) is 5.35. The van der Waals surface area contributed by atoms with Gasteiger partial charge in [0.25, 0.3) is 0 Å². The number of nitrogens with zero attached hydrogens (tertiary/aromatic N) is 1. The van der Waals surface area contributed by atoms with Crippen molar-refractivity contribution in [1.29, 1.82) is 0 Å². The third-order valence-electron chi connectivity index (χ3n) is 6.44. The number of H-pyrrole nitrogens is 1. The molecule has 1 aromatic heterocycles. The third kappa shape index (κ3) is 2.01. The van der Waals surface area contributed by atoms with E-state index in [0.717, 1.165) is 40.6 Å². The van der Waals surface area contributed by atoms with Crippen LogP contribution in [0.4, 0.5) is 0 Å². The highest BCUT2D eigenvalue weighted by Crippen LogP contribution is 2.45. The van der Waals surface area contributed by atoms with Crippen LogP contribution in [0.3, 0.4) is 0 Å². The maximum atomic E-state index is 12.9. The zero-order chi connectivity index (χ0) is 18.8. The lowest BCUT2D eigenvalue weighted by molar-refractivity contribution is -0.125. The number of allylic oxidation sites excluding steroid dienone is 3. The van der Waals surface area contributed by atoms with Crippen molar-refractivity contribution < 1.29 is 9.59 Å². The number of amides is 2. The Labute approximate surface area is 162 Å². The number of aromatic nitrogens is 1. The van der Waals surface area contributed by atoms with Gasteiger partial charge in [-0.25, -0.2) is 0 Å². The summed E-state index contributed by atoms with van der Waals surface area (Å²) in [6.07, 6.45) is 13.4. The molecule has 28 heavy (non-hydrogen) atoms. The number of carbonyl (C=O) groups is 2. The van der Waals surface area contributed by atoms with Crippen LogP contribution in [0.5, 0.6) is 0 Å². The monoisotopic (exact) mass is 369 g/mol. The van der Waals surface area contributed by atoms with Crippen LogP contribution in [0.25, 0.3) is 10.9 Å². The molecule has 2 aromatic rings. The van der Waals surface area contributed by atoms with Gasteiger partial charge in [0.05, 0.1) is 17.9 Å². The van der Waals surface area contributed by atoms with Crippen LogP contribution in [-0.4, -0.2) is 34.3 Å². The molecule has 5 heteroatoms. The minimum absolute atomic E-state index is 0.205. The molecular weight excluding hydrogens is 350 g/mol. The van der Waals surface area contributed by atoms with Crippen molar-refractivity contribution >= 4 is 22.7 Å². The van der Waals surface area contributed by atoms with Gasteiger partial charge in [-0.3, -0.25) is 14.9 Å². The van der Waals surface area contributed by atoms with E-state index in [1.54, 1.807) is 0 Å². The maximum Gasteiger partial charge on any atom is 0.235 e. The van der Waals surface area contributed by atoms with Crippen LogP contribution in [0.1, 0.15) is 17.9 Å². The van der Waals surface area contributed by atoms with Crippen LogP contribution in [0.15, 0.2) is 77.7 Å². The van der Waals surface area contributed by atoms with E-state index in [9.17, 15) is 9.59 Å². The summed E-state index contributed by atoms with van der Waals surface area (Å²) in [6, 6.07) is 8.12. The first kappa shape index (κ1) is 15.7. The molecular formula is C23H19N3O2. The van der Waals surface area contributed by atoms with Crippen molar-refractivity contribution in [3.05, 3.63) is 83.2 Å². The van der Waals surface area contributed by atoms with Crippen molar-refractivity contribution in [2.24, 2.45) is 5.92 Å². The third-order valence-corrected chi connectivity index (χ3v) is 6.44. The highest BCUT2D eigenvalue weighted by molar-refractivity contribution is 6.11. The fourth-order valence-electron chi connectivity index (χ4n) is 5.20. The summed E-state index contributed by atoms with van der Waals surface area (Å²) in [7, 11) is 0. The molecule has 0 bridgehead atoms. The number of rotatable bonds is 2. The number of nitrogens with one attached hydrogen (secondary N) is 2. The Hall–Kier alpha value is -3.34. The van der Waals surface area contributed by atoms with E-state index >= 15 is 0 Å². The Morgan fingerprint density at radius 1 is 1.00 bits per heavy atom. The van der Waals surface area contributed by atoms with Crippen LogP contribution in [-0.2, 0) is 9.59 Å². The maximum absolute atomic E-state index is 12.9. The quantitative estimate of drug-likeness (QED) is 0.800. The zero-order valence-electron chi connectivity index (χ0n) is 15.2. The van der Waals surface area contributed by atoms with Gasteiger partial charge in [0.15, 0.2) is 0 Å². The van der Waals surface area contributed by atoms with Crippen molar-refractivity contribution in [3.63, 3.8) is 0 Å². The number of hydrogen-bond acceptors (Lipinski definition) is 3. The lowest BCUT2D eigenvalue weighted by atomic mass is 9.77. The normalized spacial score (nSPS) is 28.2. The predicted octanol–water partition coefficient (Wildman–Crippen LogP) is 2.92. The van der Waals surface area contributed by atoms with E-state index in [2.05, 4.69) is 39.6 Å². The van der Waals surface area contributed by atoms with E-state index in [-0.39, 0.29) is 17.9 Å². The van der Waals surface area contributed by atoms with Crippen LogP contribution in [0.2, 0.25) is 0 Å². The SMILES string of the molecule is O=C1NC(=O)C(c2c[nH]c3ccccc23)C1C1=C2C=CC=C3CCN(C=C1)C32. The molecule has 2 saturated heterocycles. The number of para-hydroxylation sites is 1. The minimum atomic E-state index is -0.522. The lowest BCUT2D eigenvalue weighted by Crippen LogP contribution is -2.33. The fourth-order valence-corrected chi connectivity index (χ4v) is 5.20. The number of benzene rings is 1. The van der Waals surface area contributed by atoms with Crippen LogP contribution < -0.4 is 5.32 Å². The molecule has 2 N–H and O–H groups in total. The van der Waals surface area contributed by atoms with Gasteiger partial charge in [0.2, 0.25) is 11.8 Å². The smallest absolute Gasteiger partial charge is 0.235 e. The van der Waals surface area contributed by atoms with E-state index in [1.807, 2.05) is 36.5 Å². The molecule has 1 aliphatic carbocycles. The number of imide groups is 1. The van der Waals surface area contributed by atoms with Crippen LogP contribution in [0, 0.1) is 5.92 Å². The Kier molecular flexibility index (Phi) is 3.13. The molecule has 3 aliphatic heterocycles. The summed E-state index contributed by atoms with van der Waals surface area (Å²) in [4.78, 5) is 31.3. The van der Waals surface area contributed by atoms with Gasteiger partial charge in [0, 0.05) is 29.8 Å². The summed E-state index contributed by atoms with van der Waals surface area (Å²) in [5, 5.41) is 3.58. The van der Waals surface area contributed by atoms with E-state index in [1.165, 1.54) is 5.57 Å². The molecule has 0 saturated carbocycles. The van der Waals surface area contributed by atoms with Gasteiger partial charge in [-0.15, -0.1) is 0 Å². The second kappa shape index (κ2) is 5.58. The van der Waals surface area contributed by atoms with Crippen LogP contribution >= 0.6 is 0 Å². The van der Waals surface area contributed by atoms with Gasteiger partial charge < -0.3 is 9.88 Å². The summed E-state index contributed by atoms with van der Waals surface area (Å²) in [6.45, 7) is 0.993. The van der Waals surface area contributed by atoms with E-state index in [4.69, 9.17) is 0 Å². The average molecular weight is 369 g/mol. The molecule has 3 unspecified atom stereocenters. The number of hydrogen-bond donors (Lipinski definition) is 2. The van der Waals surface area contributed by atoms with Gasteiger partial charge in [-0.05, 0) is 40.8 Å². The molecule has 5 nitrogen and oxygen atoms in total. The Balaban J connectivity index is 1.52. The summed E-state index contributed by atoms with van der Waals surface area (Å²) < 4.78 is 0. The standard InChI is InChI=1S/C23H19N3O2/c27-22-19(15-9-11-26-10-8-13-4-3-6-16(15)21(13)26)20(23(28)25-22)17-12-24-18-7-2-1-5-14(17)18/h1-7,9,11-12,19-21,24H,8,10H2,(H,25,27,28). The highest BCUT2D eigenvalue weighted by atomic mass is 16.2. The lowest BCUT2D eigenvalue weighted by Gasteiger charge is -2.33. The molecule has 0 spiro atoms. The molecule has 2 fully saturated rings. The average Bonchev–Trinajstić information content (AvgIpc) is 3.39. The second-order valence-corrected chi connectivity index (χ2v) is 7.82. The minimum Gasteiger partial charge on any atom is -0.366 e. The molecule has 4 aliphatic rings. The van der Waals surface area contributed by atoms with E-state index in [0.29, 0.717) is 0 Å². The van der Waals surface area contributed by atoms with Gasteiger partial charge in [-0.1, -0.05) is 36.4 Å². The second-order valence-electron chi connectivity index (χ2n) is 7.82. The van der Waals surface area contributed by atoms with Gasteiger partial charge >= 0.3 is 0 Å². The number of fused-ring (bicyclic) bond motifs is 1. The Morgan fingerprint density at radius 2 is 1.86 bits per heavy atom. The largest absolute Gasteiger partial charge is 0.366 e. The van der Waals surface area contributed by atoms with Gasteiger partial charge in [-0.2, -0.15) is 0 Å². The first-order valence-corrected chi connectivity index (χ1v) is 9.68. The molecule has 6 rings (SSSR count). The van der Waals surface area contributed by atoms with Crippen molar-refractivity contribution in [1.82, 2.24) is 15.2 Å². The first-order valence-electron chi connectivity index (χ1n) is 9.68. The number of aromatic amines is 1. The van der Waals surface area contributed by atoms with Crippen molar-refractivity contribution in [3.8, 4) is 0 Å². The van der Waals surface area contributed by atoms with E-state index < -0.39 is 11.8 Å². The topological polar surface area (TPSA) is 65.2 Å². The molecule has 3 atom stereocenters.